The molecule has 1 aromatic rings. The predicted molar refractivity (Wildman–Crippen MR) is 93.0 cm³/mol. The number of carbonyl (C=O) groups excluding carboxylic acids is 2. The summed E-state index contributed by atoms with van der Waals surface area (Å²) in [5.74, 6) is 0.418. The molecule has 1 atom stereocenters. The van der Waals surface area contributed by atoms with Crippen LogP contribution in [0.3, 0.4) is 0 Å². The van der Waals surface area contributed by atoms with Crippen LogP contribution in [0.2, 0.25) is 0 Å². The van der Waals surface area contributed by atoms with Crippen molar-refractivity contribution in [3.05, 3.63) is 29.8 Å². The van der Waals surface area contributed by atoms with Crippen LogP contribution in [0.5, 0.6) is 5.75 Å². The van der Waals surface area contributed by atoms with Gasteiger partial charge in [-0.3, -0.25) is 9.69 Å². The number of ether oxygens (including phenoxy) is 2. The number of nitrogens with zero attached hydrogens (tertiary/aromatic N) is 2. The van der Waals surface area contributed by atoms with Gasteiger partial charge in [-0.05, 0) is 26.0 Å². The average molecular weight is 350 g/mol. The van der Waals surface area contributed by atoms with Gasteiger partial charge in [0.25, 0.3) is 0 Å². The zero-order valence-corrected chi connectivity index (χ0v) is 14.8. The number of piperazine rings is 1. The lowest BCUT2D eigenvalue weighted by molar-refractivity contribution is 0.0405. The Bertz CT molecular complexity index is 585. The molecule has 7 heteroatoms. The SMILES string of the molecule is CCOC(=O)N1CCN(C[C@@H](O)COc2ccccc2C(C)=O)CC1. The van der Waals surface area contributed by atoms with Crippen LogP contribution in [0.25, 0.3) is 0 Å². The molecule has 0 aromatic heterocycles. The molecular formula is C18H26N2O5. The van der Waals surface area contributed by atoms with Gasteiger partial charge in [-0.1, -0.05) is 12.1 Å². The number of aliphatic hydroxyl groups is 1. The first-order valence-electron chi connectivity index (χ1n) is 8.56. The lowest BCUT2D eigenvalue weighted by Gasteiger charge is -2.34. The summed E-state index contributed by atoms with van der Waals surface area (Å²) in [4.78, 5) is 27.0. The molecule has 1 N–H and O–H groups in total. The summed E-state index contributed by atoms with van der Waals surface area (Å²) in [6.07, 6.45) is -0.957. The molecule has 138 valence electrons. The van der Waals surface area contributed by atoms with Crippen LogP contribution in [0.4, 0.5) is 4.79 Å². The van der Waals surface area contributed by atoms with Crippen molar-refractivity contribution in [1.29, 1.82) is 0 Å². The monoisotopic (exact) mass is 350 g/mol. The summed E-state index contributed by atoms with van der Waals surface area (Å²) in [7, 11) is 0. The summed E-state index contributed by atoms with van der Waals surface area (Å²) >= 11 is 0. The molecule has 1 saturated heterocycles. The van der Waals surface area contributed by atoms with Gasteiger partial charge in [0.15, 0.2) is 5.78 Å². The molecule has 0 unspecified atom stereocenters. The van der Waals surface area contributed by atoms with Gasteiger partial charge >= 0.3 is 6.09 Å². The molecule has 1 aliphatic heterocycles. The number of β-amino-alcohol motifs (C(OH)–C–C–N with tert-alkyl or cyclic N) is 1. The van der Waals surface area contributed by atoms with E-state index in [1.165, 1.54) is 6.92 Å². The second-order valence-electron chi connectivity index (χ2n) is 6.00. The molecule has 0 bridgehead atoms. The standard InChI is InChI=1S/C18H26N2O5/c1-3-24-18(23)20-10-8-19(9-11-20)12-15(22)13-25-17-7-5-4-6-16(17)14(2)21/h4-7,15,22H,3,8-13H2,1-2H3/t15-/m1/s1. The van der Waals surface area contributed by atoms with Gasteiger partial charge in [0.1, 0.15) is 18.5 Å². The van der Waals surface area contributed by atoms with Crippen molar-refractivity contribution in [2.75, 3.05) is 45.9 Å². The predicted octanol–water partition coefficient (Wildman–Crippen LogP) is 1.40. The normalized spacial score (nSPS) is 16.4. The molecule has 1 aromatic carbocycles. The minimum absolute atomic E-state index is 0.0693. The summed E-state index contributed by atoms with van der Waals surface area (Å²) in [6, 6.07) is 7.01. The molecule has 0 radical (unpaired) electrons. The Balaban J connectivity index is 1.76. The Morgan fingerprint density at radius 1 is 1.20 bits per heavy atom. The third-order valence-electron chi connectivity index (χ3n) is 4.06. The van der Waals surface area contributed by atoms with E-state index in [1.807, 2.05) is 0 Å². The summed E-state index contributed by atoms with van der Waals surface area (Å²) in [5, 5.41) is 10.2. The van der Waals surface area contributed by atoms with Crippen LogP contribution < -0.4 is 4.74 Å². The zero-order valence-electron chi connectivity index (χ0n) is 14.8. The fourth-order valence-corrected chi connectivity index (χ4v) is 2.75. The van der Waals surface area contributed by atoms with Gasteiger partial charge in [-0.15, -0.1) is 0 Å². The summed E-state index contributed by atoms with van der Waals surface area (Å²) in [5.41, 5.74) is 0.512. The number of hydrogen-bond donors (Lipinski definition) is 1. The minimum Gasteiger partial charge on any atom is -0.490 e. The molecule has 1 aliphatic rings. The summed E-state index contributed by atoms with van der Waals surface area (Å²) in [6.45, 7) is 6.74. The smallest absolute Gasteiger partial charge is 0.409 e. The van der Waals surface area contributed by atoms with Gasteiger partial charge < -0.3 is 19.5 Å². The van der Waals surface area contributed by atoms with Gasteiger partial charge in [0.05, 0.1) is 12.2 Å². The fourth-order valence-electron chi connectivity index (χ4n) is 2.75. The van der Waals surface area contributed by atoms with E-state index >= 15 is 0 Å². The van der Waals surface area contributed by atoms with E-state index in [2.05, 4.69) is 4.90 Å². The maximum atomic E-state index is 11.7. The van der Waals surface area contributed by atoms with Crippen LogP contribution >= 0.6 is 0 Å². The first kappa shape index (κ1) is 19.2. The highest BCUT2D eigenvalue weighted by Gasteiger charge is 2.23. The molecule has 0 aliphatic carbocycles. The fraction of sp³-hybridized carbons (Fsp3) is 0.556. The van der Waals surface area contributed by atoms with Crippen molar-refractivity contribution in [2.45, 2.75) is 20.0 Å². The van der Waals surface area contributed by atoms with E-state index in [-0.39, 0.29) is 18.5 Å². The number of benzene rings is 1. The van der Waals surface area contributed by atoms with Gasteiger partial charge in [0.2, 0.25) is 0 Å². The summed E-state index contributed by atoms with van der Waals surface area (Å²) < 4.78 is 10.6. The topological polar surface area (TPSA) is 79.3 Å². The van der Waals surface area contributed by atoms with Crippen LogP contribution in [0.1, 0.15) is 24.2 Å². The van der Waals surface area contributed by atoms with Gasteiger partial charge in [0, 0.05) is 32.7 Å². The third kappa shape index (κ3) is 5.72. The Hall–Kier alpha value is -2.12. The van der Waals surface area contributed by atoms with Crippen LogP contribution in [0.15, 0.2) is 24.3 Å². The average Bonchev–Trinajstić information content (AvgIpc) is 2.61. The number of hydrogen-bond acceptors (Lipinski definition) is 6. The van der Waals surface area contributed by atoms with Gasteiger partial charge in [-0.25, -0.2) is 4.79 Å². The van der Waals surface area contributed by atoms with Crippen molar-refractivity contribution in [2.24, 2.45) is 0 Å². The van der Waals surface area contributed by atoms with Crippen molar-refractivity contribution >= 4 is 11.9 Å². The molecule has 7 nitrogen and oxygen atoms in total. The number of Topliss-reactive ketones (excluding diaryl/α,β-unsaturated/α-hetero) is 1. The second-order valence-corrected chi connectivity index (χ2v) is 6.00. The van der Waals surface area contributed by atoms with E-state index in [9.17, 15) is 14.7 Å². The van der Waals surface area contributed by atoms with Crippen LogP contribution in [-0.2, 0) is 4.74 Å². The zero-order chi connectivity index (χ0) is 18.2. The first-order chi connectivity index (χ1) is 12.0. The first-order valence-corrected chi connectivity index (χ1v) is 8.56. The molecule has 2 rings (SSSR count). The Kier molecular flexibility index (Phi) is 7.21. The minimum atomic E-state index is -0.672. The number of rotatable bonds is 7. The van der Waals surface area contributed by atoms with Crippen molar-refractivity contribution in [1.82, 2.24) is 9.80 Å². The quantitative estimate of drug-likeness (QED) is 0.749. The Morgan fingerprint density at radius 2 is 1.88 bits per heavy atom. The number of para-hydroxylation sites is 1. The lowest BCUT2D eigenvalue weighted by Crippen LogP contribution is -2.51. The van der Waals surface area contributed by atoms with E-state index in [0.29, 0.717) is 50.6 Å². The molecule has 0 spiro atoms. The van der Waals surface area contributed by atoms with Crippen molar-refractivity contribution in [3.63, 3.8) is 0 Å². The second kappa shape index (κ2) is 9.39. The van der Waals surface area contributed by atoms with Crippen molar-refractivity contribution in [3.8, 4) is 5.75 Å². The van der Waals surface area contributed by atoms with Crippen molar-refractivity contribution < 1.29 is 24.2 Å². The number of amides is 1. The molecule has 1 fully saturated rings. The van der Waals surface area contributed by atoms with E-state index < -0.39 is 6.10 Å². The Morgan fingerprint density at radius 3 is 2.52 bits per heavy atom. The molecule has 25 heavy (non-hydrogen) atoms. The van der Waals surface area contributed by atoms with E-state index in [1.54, 1.807) is 36.1 Å². The van der Waals surface area contributed by atoms with Crippen LogP contribution in [-0.4, -0.2) is 78.8 Å². The highest BCUT2D eigenvalue weighted by molar-refractivity contribution is 5.96. The highest BCUT2D eigenvalue weighted by atomic mass is 16.6. The maximum Gasteiger partial charge on any atom is 0.409 e. The molecular weight excluding hydrogens is 324 g/mol. The molecule has 1 amide bonds. The van der Waals surface area contributed by atoms with E-state index in [0.717, 1.165) is 0 Å². The lowest BCUT2D eigenvalue weighted by atomic mass is 10.1. The molecule has 0 saturated carbocycles. The number of ketones is 1. The highest BCUT2D eigenvalue weighted by Crippen LogP contribution is 2.18. The third-order valence-corrected chi connectivity index (χ3v) is 4.06. The van der Waals surface area contributed by atoms with Gasteiger partial charge in [-0.2, -0.15) is 0 Å². The van der Waals surface area contributed by atoms with E-state index in [4.69, 9.17) is 9.47 Å². The Labute approximate surface area is 148 Å². The number of aliphatic hydroxyl groups excluding tert-OH is 1. The van der Waals surface area contributed by atoms with Crippen LogP contribution in [0, 0.1) is 0 Å². The number of carbonyl (C=O) groups is 2. The largest absolute Gasteiger partial charge is 0.490 e. The maximum absolute atomic E-state index is 11.7. The molecule has 1 heterocycles.